The first-order valence-electron chi connectivity index (χ1n) is 5.61. The number of nitrogens with one attached hydrogen (secondary N) is 1. The van der Waals surface area contributed by atoms with Crippen LogP contribution in [0.5, 0.6) is 0 Å². The Hall–Kier alpha value is -1.36. The molecular weight excluding hydrogens is 238 g/mol. The summed E-state index contributed by atoms with van der Waals surface area (Å²) in [4.78, 5) is 11.6. The minimum atomic E-state index is -3.34. The van der Waals surface area contributed by atoms with Crippen molar-refractivity contribution in [2.24, 2.45) is 0 Å². The highest BCUT2D eigenvalue weighted by Gasteiger charge is 2.15. The molecule has 1 aromatic carbocycles. The van der Waals surface area contributed by atoms with Crippen LogP contribution in [0.15, 0.2) is 35.2 Å². The standard InChI is InChI=1S/C12H17NO3S/c1-2-9-13-12(14)8-10-17(15,16)11-6-4-3-5-7-11/h3-7H,2,8-10H2,1H3,(H,13,14). The summed E-state index contributed by atoms with van der Waals surface area (Å²) in [7, 11) is -3.34. The molecule has 1 amide bonds. The van der Waals surface area contributed by atoms with Gasteiger partial charge in [-0.05, 0) is 18.6 Å². The number of carbonyl (C=O) groups excluding carboxylic acids is 1. The molecule has 0 saturated heterocycles. The maximum Gasteiger partial charge on any atom is 0.221 e. The summed E-state index contributed by atoms with van der Waals surface area (Å²) in [5.41, 5.74) is 0. The van der Waals surface area contributed by atoms with E-state index in [9.17, 15) is 13.2 Å². The monoisotopic (exact) mass is 255 g/mol. The number of carbonyl (C=O) groups is 1. The molecule has 0 aliphatic rings. The lowest BCUT2D eigenvalue weighted by Crippen LogP contribution is -2.26. The molecule has 0 aliphatic heterocycles. The van der Waals surface area contributed by atoms with E-state index >= 15 is 0 Å². The second-order valence-corrected chi connectivity index (χ2v) is 5.84. The molecule has 94 valence electrons. The van der Waals surface area contributed by atoms with Crippen molar-refractivity contribution in [3.63, 3.8) is 0 Å². The quantitative estimate of drug-likeness (QED) is 0.835. The first-order chi connectivity index (χ1) is 8.06. The summed E-state index contributed by atoms with van der Waals surface area (Å²) in [6.07, 6.45) is 0.856. The summed E-state index contributed by atoms with van der Waals surface area (Å²) in [6, 6.07) is 8.18. The van der Waals surface area contributed by atoms with E-state index in [0.717, 1.165) is 6.42 Å². The van der Waals surface area contributed by atoms with E-state index in [1.807, 2.05) is 6.92 Å². The second-order valence-electron chi connectivity index (χ2n) is 3.73. The van der Waals surface area contributed by atoms with E-state index in [4.69, 9.17) is 0 Å². The van der Waals surface area contributed by atoms with Crippen molar-refractivity contribution in [3.8, 4) is 0 Å². The molecule has 17 heavy (non-hydrogen) atoms. The maximum atomic E-state index is 11.8. The SMILES string of the molecule is CCCNC(=O)CCS(=O)(=O)c1ccccc1. The smallest absolute Gasteiger partial charge is 0.221 e. The Morgan fingerprint density at radius 3 is 2.47 bits per heavy atom. The highest BCUT2D eigenvalue weighted by molar-refractivity contribution is 7.91. The van der Waals surface area contributed by atoms with Gasteiger partial charge in [0.1, 0.15) is 0 Å². The minimum absolute atomic E-state index is 0.0111. The fraction of sp³-hybridized carbons (Fsp3) is 0.417. The zero-order valence-corrected chi connectivity index (χ0v) is 10.7. The van der Waals surface area contributed by atoms with Gasteiger partial charge in [0.15, 0.2) is 9.84 Å². The van der Waals surface area contributed by atoms with Crippen LogP contribution in [0.25, 0.3) is 0 Å². The molecule has 0 unspecified atom stereocenters. The van der Waals surface area contributed by atoms with E-state index in [0.29, 0.717) is 6.54 Å². The lowest BCUT2D eigenvalue weighted by Gasteiger charge is -2.05. The molecule has 0 atom stereocenters. The Bertz CT molecular complexity index is 454. The summed E-state index contributed by atoms with van der Waals surface area (Å²) in [6.45, 7) is 2.53. The van der Waals surface area contributed by atoms with Crippen LogP contribution in [0.4, 0.5) is 0 Å². The summed E-state index contributed by atoms with van der Waals surface area (Å²) in [5, 5.41) is 2.65. The Morgan fingerprint density at radius 2 is 1.88 bits per heavy atom. The van der Waals surface area contributed by atoms with Crippen molar-refractivity contribution < 1.29 is 13.2 Å². The fourth-order valence-corrected chi connectivity index (χ4v) is 2.59. The third-order valence-corrected chi connectivity index (χ3v) is 4.00. The van der Waals surface area contributed by atoms with Crippen LogP contribution in [-0.4, -0.2) is 26.6 Å². The molecule has 5 heteroatoms. The molecule has 0 spiro atoms. The lowest BCUT2D eigenvalue weighted by atomic mass is 10.4. The molecule has 1 N–H and O–H groups in total. The molecule has 0 saturated carbocycles. The van der Waals surface area contributed by atoms with Gasteiger partial charge in [-0.3, -0.25) is 4.79 Å². The van der Waals surface area contributed by atoms with Crippen LogP contribution in [0, 0.1) is 0 Å². The van der Waals surface area contributed by atoms with E-state index in [-0.39, 0.29) is 23.0 Å². The average molecular weight is 255 g/mol. The average Bonchev–Trinajstić information content (AvgIpc) is 2.35. The molecule has 4 nitrogen and oxygen atoms in total. The van der Waals surface area contributed by atoms with Crippen LogP contribution >= 0.6 is 0 Å². The highest BCUT2D eigenvalue weighted by Crippen LogP contribution is 2.10. The molecule has 1 rings (SSSR count). The predicted molar refractivity (Wildman–Crippen MR) is 66.4 cm³/mol. The van der Waals surface area contributed by atoms with Crippen molar-refractivity contribution in [3.05, 3.63) is 30.3 Å². The Morgan fingerprint density at radius 1 is 1.24 bits per heavy atom. The largest absolute Gasteiger partial charge is 0.356 e. The maximum absolute atomic E-state index is 11.8. The van der Waals surface area contributed by atoms with Crippen molar-refractivity contribution in [2.45, 2.75) is 24.7 Å². The first kappa shape index (κ1) is 13.7. The number of rotatable bonds is 6. The number of sulfone groups is 1. The van der Waals surface area contributed by atoms with Gasteiger partial charge in [0.05, 0.1) is 10.6 Å². The van der Waals surface area contributed by atoms with Gasteiger partial charge >= 0.3 is 0 Å². The van der Waals surface area contributed by atoms with Gasteiger partial charge in [-0.1, -0.05) is 25.1 Å². The predicted octanol–water partition coefficient (Wildman–Crippen LogP) is 1.38. The molecule has 0 bridgehead atoms. The third kappa shape index (κ3) is 4.56. The van der Waals surface area contributed by atoms with Crippen molar-refractivity contribution >= 4 is 15.7 Å². The molecule has 0 fully saturated rings. The van der Waals surface area contributed by atoms with Gasteiger partial charge in [0.2, 0.25) is 5.91 Å². The topological polar surface area (TPSA) is 63.2 Å². The fourth-order valence-electron chi connectivity index (χ4n) is 1.33. The normalized spacial score (nSPS) is 11.1. The molecule has 0 heterocycles. The lowest BCUT2D eigenvalue weighted by molar-refractivity contribution is -0.120. The molecule has 0 aromatic heterocycles. The summed E-state index contributed by atoms with van der Waals surface area (Å²) in [5.74, 6) is -0.363. The third-order valence-electron chi connectivity index (χ3n) is 2.27. The Kier molecular flexibility index (Phi) is 5.15. The molecule has 0 radical (unpaired) electrons. The van der Waals surface area contributed by atoms with E-state index in [1.165, 1.54) is 0 Å². The Labute approximate surface area is 102 Å². The van der Waals surface area contributed by atoms with Crippen LogP contribution in [-0.2, 0) is 14.6 Å². The van der Waals surface area contributed by atoms with Gasteiger partial charge in [-0.2, -0.15) is 0 Å². The summed E-state index contributed by atoms with van der Waals surface area (Å²) < 4.78 is 23.7. The van der Waals surface area contributed by atoms with Gasteiger partial charge < -0.3 is 5.32 Å². The van der Waals surface area contributed by atoms with Gasteiger partial charge in [-0.15, -0.1) is 0 Å². The van der Waals surface area contributed by atoms with Crippen molar-refractivity contribution in [2.75, 3.05) is 12.3 Å². The highest BCUT2D eigenvalue weighted by atomic mass is 32.2. The number of hydrogen-bond acceptors (Lipinski definition) is 3. The van der Waals surface area contributed by atoms with E-state index < -0.39 is 9.84 Å². The van der Waals surface area contributed by atoms with Gasteiger partial charge in [0.25, 0.3) is 0 Å². The van der Waals surface area contributed by atoms with Crippen LogP contribution in [0.2, 0.25) is 0 Å². The number of benzene rings is 1. The molecule has 1 aromatic rings. The minimum Gasteiger partial charge on any atom is -0.356 e. The first-order valence-corrected chi connectivity index (χ1v) is 7.26. The number of amides is 1. The van der Waals surface area contributed by atoms with E-state index in [2.05, 4.69) is 5.32 Å². The number of hydrogen-bond donors (Lipinski definition) is 1. The van der Waals surface area contributed by atoms with Crippen molar-refractivity contribution in [1.82, 2.24) is 5.32 Å². The zero-order chi connectivity index (χ0) is 12.7. The van der Waals surface area contributed by atoms with Gasteiger partial charge in [-0.25, -0.2) is 8.42 Å². The molecular formula is C12H17NO3S. The van der Waals surface area contributed by atoms with E-state index in [1.54, 1.807) is 30.3 Å². The summed E-state index contributed by atoms with van der Waals surface area (Å²) >= 11 is 0. The molecule has 0 aliphatic carbocycles. The van der Waals surface area contributed by atoms with Crippen molar-refractivity contribution in [1.29, 1.82) is 0 Å². The zero-order valence-electron chi connectivity index (χ0n) is 9.85. The van der Waals surface area contributed by atoms with Crippen LogP contribution in [0.3, 0.4) is 0 Å². The van der Waals surface area contributed by atoms with Crippen LogP contribution in [0.1, 0.15) is 19.8 Å². The van der Waals surface area contributed by atoms with Crippen LogP contribution < -0.4 is 5.32 Å². The second kappa shape index (κ2) is 6.39. The van der Waals surface area contributed by atoms with Gasteiger partial charge in [0, 0.05) is 13.0 Å². The Balaban J connectivity index is 2.54.